The molecule has 2 aromatic rings. The van der Waals surface area contributed by atoms with Gasteiger partial charge in [0.15, 0.2) is 0 Å². The molecule has 0 aliphatic carbocycles. The van der Waals surface area contributed by atoms with E-state index in [9.17, 15) is 0 Å². The van der Waals surface area contributed by atoms with E-state index in [1.54, 1.807) is 0 Å². The Morgan fingerprint density at radius 2 is 2.00 bits per heavy atom. The van der Waals surface area contributed by atoms with Crippen LogP contribution in [0, 0.1) is 5.92 Å². The Morgan fingerprint density at radius 1 is 1.25 bits per heavy atom. The summed E-state index contributed by atoms with van der Waals surface area (Å²) in [6.07, 6.45) is 0. The number of nitrogens with one attached hydrogen (secondary N) is 1. The van der Waals surface area contributed by atoms with E-state index in [1.165, 1.54) is 19.8 Å². The van der Waals surface area contributed by atoms with E-state index < -0.39 is 0 Å². The molecule has 0 saturated carbocycles. The van der Waals surface area contributed by atoms with Crippen molar-refractivity contribution in [3.05, 3.63) is 50.6 Å². The first-order chi connectivity index (χ1) is 9.63. The van der Waals surface area contributed by atoms with Crippen molar-refractivity contribution in [1.82, 2.24) is 5.32 Å². The molecule has 0 bridgehead atoms. The maximum absolute atomic E-state index is 3.50. The van der Waals surface area contributed by atoms with Gasteiger partial charge < -0.3 is 5.32 Å². The Bertz CT molecular complexity index is 520. The molecule has 1 N–H and O–H groups in total. The summed E-state index contributed by atoms with van der Waals surface area (Å²) >= 11 is 7.20. The molecule has 1 aromatic carbocycles. The molecule has 0 amide bonds. The van der Waals surface area contributed by atoms with Crippen LogP contribution >= 0.6 is 39.0 Å². The lowest BCUT2D eigenvalue weighted by molar-refractivity contribution is 0.552. The fraction of sp³-hybridized carbons (Fsp3) is 0.375. The third kappa shape index (κ3) is 5.60. The molecule has 0 aliphatic rings. The van der Waals surface area contributed by atoms with Gasteiger partial charge >= 0.3 is 0 Å². The lowest BCUT2D eigenvalue weighted by Gasteiger charge is -2.08. The molecule has 0 unspecified atom stereocenters. The lowest BCUT2D eigenvalue weighted by atomic mass is 10.2. The molecule has 1 aromatic heterocycles. The second kappa shape index (κ2) is 8.23. The van der Waals surface area contributed by atoms with Crippen LogP contribution in [0.2, 0.25) is 0 Å². The van der Waals surface area contributed by atoms with Gasteiger partial charge in [-0.2, -0.15) is 0 Å². The van der Waals surface area contributed by atoms with Crippen LogP contribution in [0.4, 0.5) is 0 Å². The van der Waals surface area contributed by atoms with Crippen molar-refractivity contribution < 1.29 is 0 Å². The van der Waals surface area contributed by atoms with Gasteiger partial charge in [-0.25, -0.2) is 0 Å². The van der Waals surface area contributed by atoms with Gasteiger partial charge in [-0.1, -0.05) is 26.0 Å². The second-order valence-corrected chi connectivity index (χ2v) is 8.15. The number of hydrogen-bond donors (Lipinski definition) is 1. The number of halogens is 1. The topological polar surface area (TPSA) is 12.0 Å². The third-order valence-corrected chi connectivity index (χ3v) is 5.75. The molecule has 0 atom stereocenters. The minimum Gasteiger partial charge on any atom is -0.312 e. The molecule has 0 radical (unpaired) electrons. The molecule has 20 heavy (non-hydrogen) atoms. The van der Waals surface area contributed by atoms with E-state index in [0.29, 0.717) is 5.92 Å². The molecule has 0 saturated heterocycles. The molecule has 0 aliphatic heterocycles. The summed E-state index contributed by atoms with van der Waals surface area (Å²) in [5.74, 6) is 1.75. The standard InChI is InChI=1S/C16H20BrNS2/c1-12(2)8-18-9-13-3-5-15(6-4-13)20-11-16-7-14(17)10-19-16/h3-7,10,12,18H,8-9,11H2,1-2H3. The molecular formula is C16H20BrNS2. The zero-order chi connectivity index (χ0) is 14.4. The summed E-state index contributed by atoms with van der Waals surface area (Å²) in [5, 5.41) is 5.61. The van der Waals surface area contributed by atoms with Crippen LogP contribution in [0.1, 0.15) is 24.3 Å². The van der Waals surface area contributed by atoms with Gasteiger partial charge in [0.25, 0.3) is 0 Å². The van der Waals surface area contributed by atoms with Gasteiger partial charge in [-0.3, -0.25) is 0 Å². The second-order valence-electron chi connectivity index (χ2n) is 5.19. The average Bonchev–Trinajstić information content (AvgIpc) is 2.83. The molecule has 2 rings (SSSR count). The number of benzene rings is 1. The normalized spacial score (nSPS) is 11.2. The maximum atomic E-state index is 3.50. The van der Waals surface area contributed by atoms with Crippen molar-refractivity contribution in [2.75, 3.05) is 6.54 Å². The maximum Gasteiger partial charge on any atom is 0.0326 e. The SMILES string of the molecule is CC(C)CNCc1ccc(SCc2cc(Br)cs2)cc1. The van der Waals surface area contributed by atoms with Crippen molar-refractivity contribution in [2.24, 2.45) is 5.92 Å². The van der Waals surface area contributed by atoms with E-state index in [0.717, 1.165) is 18.8 Å². The third-order valence-electron chi connectivity index (χ3n) is 2.81. The van der Waals surface area contributed by atoms with Gasteiger partial charge in [-0.05, 0) is 52.2 Å². The summed E-state index contributed by atoms with van der Waals surface area (Å²) in [6, 6.07) is 11.1. The molecule has 1 nitrogen and oxygen atoms in total. The van der Waals surface area contributed by atoms with Crippen molar-refractivity contribution in [3.8, 4) is 0 Å². The largest absolute Gasteiger partial charge is 0.312 e. The van der Waals surface area contributed by atoms with Gasteiger partial charge in [-0.15, -0.1) is 23.1 Å². The minimum absolute atomic E-state index is 0.704. The molecular weight excluding hydrogens is 350 g/mol. The van der Waals surface area contributed by atoms with Gasteiger partial charge in [0, 0.05) is 31.9 Å². The number of hydrogen-bond acceptors (Lipinski definition) is 3. The van der Waals surface area contributed by atoms with Crippen LogP contribution in [-0.4, -0.2) is 6.54 Å². The van der Waals surface area contributed by atoms with Gasteiger partial charge in [0.2, 0.25) is 0 Å². The fourth-order valence-corrected chi connectivity index (χ4v) is 4.20. The van der Waals surface area contributed by atoms with Crippen molar-refractivity contribution in [1.29, 1.82) is 0 Å². The first-order valence-corrected chi connectivity index (χ1v) is 9.44. The van der Waals surface area contributed by atoms with Gasteiger partial charge in [0.05, 0.1) is 0 Å². The first-order valence-electron chi connectivity index (χ1n) is 6.79. The molecule has 0 spiro atoms. The Kier molecular flexibility index (Phi) is 6.62. The predicted octanol–water partition coefficient (Wildman–Crippen LogP) is 5.55. The summed E-state index contributed by atoms with van der Waals surface area (Å²) in [4.78, 5) is 2.74. The summed E-state index contributed by atoms with van der Waals surface area (Å²) in [5.41, 5.74) is 1.36. The predicted molar refractivity (Wildman–Crippen MR) is 94.6 cm³/mol. The van der Waals surface area contributed by atoms with Crippen molar-refractivity contribution in [2.45, 2.75) is 31.0 Å². The van der Waals surface area contributed by atoms with Crippen molar-refractivity contribution >= 4 is 39.0 Å². The van der Waals surface area contributed by atoms with Crippen LogP contribution < -0.4 is 5.32 Å². The van der Waals surface area contributed by atoms with E-state index in [4.69, 9.17) is 0 Å². The molecule has 1 heterocycles. The van der Waals surface area contributed by atoms with Crippen LogP contribution in [-0.2, 0) is 12.3 Å². The number of thioether (sulfide) groups is 1. The Hall–Kier alpha value is -0.290. The summed E-state index contributed by atoms with van der Waals surface area (Å²) in [6.45, 7) is 6.50. The Balaban J connectivity index is 1.79. The molecule has 0 fully saturated rings. The first kappa shape index (κ1) is 16.1. The number of thiophene rings is 1. The van der Waals surface area contributed by atoms with E-state index in [1.807, 2.05) is 23.1 Å². The van der Waals surface area contributed by atoms with E-state index in [2.05, 4.69) is 70.8 Å². The van der Waals surface area contributed by atoms with Crippen molar-refractivity contribution in [3.63, 3.8) is 0 Å². The van der Waals surface area contributed by atoms with E-state index in [-0.39, 0.29) is 0 Å². The molecule has 108 valence electrons. The highest BCUT2D eigenvalue weighted by Gasteiger charge is 2.00. The van der Waals surface area contributed by atoms with Crippen LogP contribution in [0.3, 0.4) is 0 Å². The zero-order valence-electron chi connectivity index (χ0n) is 11.9. The molecule has 4 heteroatoms. The highest BCUT2D eigenvalue weighted by Crippen LogP contribution is 2.28. The van der Waals surface area contributed by atoms with Crippen LogP contribution in [0.25, 0.3) is 0 Å². The smallest absolute Gasteiger partial charge is 0.0326 e. The summed E-state index contributed by atoms with van der Waals surface area (Å²) < 4.78 is 1.18. The lowest BCUT2D eigenvalue weighted by Crippen LogP contribution is -2.18. The van der Waals surface area contributed by atoms with E-state index >= 15 is 0 Å². The highest BCUT2D eigenvalue weighted by atomic mass is 79.9. The van der Waals surface area contributed by atoms with Gasteiger partial charge in [0.1, 0.15) is 0 Å². The quantitative estimate of drug-likeness (QED) is 0.642. The minimum atomic E-state index is 0.704. The van der Waals surface area contributed by atoms with Crippen LogP contribution in [0.15, 0.2) is 45.1 Å². The van der Waals surface area contributed by atoms with Crippen LogP contribution in [0.5, 0.6) is 0 Å². The fourth-order valence-electron chi connectivity index (χ4n) is 1.79. The Labute approximate surface area is 138 Å². The Morgan fingerprint density at radius 3 is 2.60 bits per heavy atom. The monoisotopic (exact) mass is 369 g/mol. The average molecular weight is 370 g/mol. The zero-order valence-corrected chi connectivity index (χ0v) is 15.1. The highest BCUT2D eigenvalue weighted by molar-refractivity contribution is 9.10. The summed E-state index contributed by atoms with van der Waals surface area (Å²) in [7, 11) is 0. The number of rotatable bonds is 7.